The van der Waals surface area contributed by atoms with Gasteiger partial charge in [-0.15, -0.1) is 0 Å². The quantitative estimate of drug-likeness (QED) is 0.837. The van der Waals surface area contributed by atoms with E-state index in [1.807, 2.05) is 0 Å². The minimum Gasteiger partial charge on any atom is -0.375 e. The molecular formula is C15H30N2O. The van der Waals surface area contributed by atoms with Crippen LogP contribution in [0.2, 0.25) is 0 Å². The number of nitrogens with zero attached hydrogens (tertiary/aromatic N) is 1. The van der Waals surface area contributed by atoms with E-state index < -0.39 is 0 Å². The minimum absolute atomic E-state index is 0.422. The van der Waals surface area contributed by atoms with E-state index in [2.05, 4.69) is 37.9 Å². The van der Waals surface area contributed by atoms with Crippen molar-refractivity contribution >= 4 is 0 Å². The van der Waals surface area contributed by atoms with Gasteiger partial charge in [0.15, 0.2) is 0 Å². The molecule has 2 saturated heterocycles. The molecule has 3 nitrogen and oxygen atoms in total. The zero-order chi connectivity index (χ0) is 13.1. The Morgan fingerprint density at radius 2 is 1.78 bits per heavy atom. The second-order valence-corrected chi connectivity index (χ2v) is 6.15. The molecule has 0 aromatic carbocycles. The van der Waals surface area contributed by atoms with Crippen LogP contribution in [0.3, 0.4) is 0 Å². The third-order valence-corrected chi connectivity index (χ3v) is 4.65. The van der Waals surface area contributed by atoms with E-state index in [4.69, 9.17) is 4.74 Å². The standard InChI is InChI=1S/C15H30N2O/c1-5-13-10-17(14(6-2)9-16-13)15-7-11(3)18-12(4)8-15/h11-16H,5-10H2,1-4H3. The maximum absolute atomic E-state index is 5.89. The molecule has 4 unspecified atom stereocenters. The van der Waals surface area contributed by atoms with E-state index in [0.29, 0.717) is 18.2 Å². The largest absolute Gasteiger partial charge is 0.375 e. The fourth-order valence-corrected chi connectivity index (χ4v) is 3.63. The number of nitrogens with one attached hydrogen (secondary N) is 1. The van der Waals surface area contributed by atoms with Gasteiger partial charge in [0.1, 0.15) is 0 Å². The van der Waals surface area contributed by atoms with Crippen molar-refractivity contribution in [3.8, 4) is 0 Å². The lowest BCUT2D eigenvalue weighted by Gasteiger charge is -2.47. The molecule has 0 aliphatic carbocycles. The van der Waals surface area contributed by atoms with Crippen molar-refractivity contribution < 1.29 is 4.74 Å². The van der Waals surface area contributed by atoms with E-state index in [1.54, 1.807) is 0 Å². The summed E-state index contributed by atoms with van der Waals surface area (Å²) in [6.07, 6.45) is 5.75. The second-order valence-electron chi connectivity index (χ2n) is 6.15. The van der Waals surface area contributed by atoms with Crippen LogP contribution in [0.25, 0.3) is 0 Å². The topological polar surface area (TPSA) is 24.5 Å². The normalized spacial score (nSPS) is 43.0. The van der Waals surface area contributed by atoms with Crippen LogP contribution in [-0.4, -0.2) is 48.3 Å². The summed E-state index contributed by atoms with van der Waals surface area (Å²) in [7, 11) is 0. The highest BCUT2D eigenvalue weighted by atomic mass is 16.5. The minimum atomic E-state index is 0.422. The number of hydrogen-bond donors (Lipinski definition) is 1. The molecular weight excluding hydrogens is 224 g/mol. The van der Waals surface area contributed by atoms with Gasteiger partial charge in [-0.3, -0.25) is 4.90 Å². The average Bonchev–Trinajstić information content (AvgIpc) is 2.36. The first-order chi connectivity index (χ1) is 8.63. The van der Waals surface area contributed by atoms with Gasteiger partial charge in [-0.2, -0.15) is 0 Å². The zero-order valence-corrected chi connectivity index (χ0v) is 12.5. The fourth-order valence-electron chi connectivity index (χ4n) is 3.63. The van der Waals surface area contributed by atoms with Crippen LogP contribution in [0.1, 0.15) is 53.4 Å². The Balaban J connectivity index is 2.02. The summed E-state index contributed by atoms with van der Waals surface area (Å²) < 4.78 is 5.89. The van der Waals surface area contributed by atoms with Crippen LogP contribution < -0.4 is 5.32 Å². The Bertz CT molecular complexity index is 249. The van der Waals surface area contributed by atoms with Crippen LogP contribution in [0, 0.1) is 0 Å². The molecule has 0 amide bonds. The third-order valence-electron chi connectivity index (χ3n) is 4.65. The van der Waals surface area contributed by atoms with Crippen molar-refractivity contribution in [2.75, 3.05) is 13.1 Å². The number of ether oxygens (including phenoxy) is 1. The number of piperazine rings is 1. The summed E-state index contributed by atoms with van der Waals surface area (Å²) in [6, 6.07) is 2.13. The van der Waals surface area contributed by atoms with E-state index in [-0.39, 0.29) is 0 Å². The lowest BCUT2D eigenvalue weighted by molar-refractivity contribution is -0.0784. The van der Waals surface area contributed by atoms with Crippen molar-refractivity contribution in [3.63, 3.8) is 0 Å². The van der Waals surface area contributed by atoms with E-state index >= 15 is 0 Å². The predicted molar refractivity (Wildman–Crippen MR) is 75.9 cm³/mol. The van der Waals surface area contributed by atoms with Crippen LogP contribution in [-0.2, 0) is 4.74 Å². The van der Waals surface area contributed by atoms with Gasteiger partial charge in [-0.05, 0) is 39.5 Å². The first kappa shape index (κ1) is 14.3. The molecule has 0 aromatic rings. The van der Waals surface area contributed by atoms with E-state index in [0.717, 1.165) is 18.6 Å². The molecule has 4 atom stereocenters. The van der Waals surface area contributed by atoms with Gasteiger partial charge in [0.25, 0.3) is 0 Å². The zero-order valence-electron chi connectivity index (χ0n) is 12.5. The van der Waals surface area contributed by atoms with E-state index in [1.165, 1.54) is 32.2 Å². The summed E-state index contributed by atoms with van der Waals surface area (Å²) in [4.78, 5) is 2.78. The van der Waals surface area contributed by atoms with Gasteiger partial charge in [0, 0.05) is 31.2 Å². The summed E-state index contributed by atoms with van der Waals surface area (Å²) in [5, 5.41) is 3.69. The highest BCUT2D eigenvalue weighted by Gasteiger charge is 2.35. The first-order valence-corrected chi connectivity index (χ1v) is 7.78. The first-order valence-electron chi connectivity index (χ1n) is 7.78. The highest BCUT2D eigenvalue weighted by molar-refractivity contribution is 4.91. The molecule has 0 saturated carbocycles. The van der Waals surface area contributed by atoms with Crippen molar-refractivity contribution in [2.45, 2.75) is 83.7 Å². The van der Waals surface area contributed by atoms with Crippen LogP contribution in [0.15, 0.2) is 0 Å². The molecule has 18 heavy (non-hydrogen) atoms. The lowest BCUT2D eigenvalue weighted by Crippen LogP contribution is -2.60. The van der Waals surface area contributed by atoms with Gasteiger partial charge in [0.05, 0.1) is 12.2 Å². The molecule has 2 aliphatic rings. The van der Waals surface area contributed by atoms with Gasteiger partial charge >= 0.3 is 0 Å². The molecule has 2 rings (SSSR count). The van der Waals surface area contributed by atoms with Crippen LogP contribution >= 0.6 is 0 Å². The molecule has 3 heteroatoms. The van der Waals surface area contributed by atoms with Gasteiger partial charge in [-0.1, -0.05) is 13.8 Å². The smallest absolute Gasteiger partial charge is 0.0565 e. The van der Waals surface area contributed by atoms with E-state index in [9.17, 15) is 0 Å². The molecule has 0 bridgehead atoms. The van der Waals surface area contributed by atoms with Gasteiger partial charge < -0.3 is 10.1 Å². The van der Waals surface area contributed by atoms with Crippen molar-refractivity contribution in [2.24, 2.45) is 0 Å². The second kappa shape index (κ2) is 6.36. The molecule has 2 fully saturated rings. The summed E-state index contributed by atoms with van der Waals surface area (Å²) in [5.74, 6) is 0. The average molecular weight is 254 g/mol. The number of hydrogen-bond acceptors (Lipinski definition) is 3. The summed E-state index contributed by atoms with van der Waals surface area (Å²) >= 11 is 0. The molecule has 2 heterocycles. The summed E-state index contributed by atoms with van der Waals surface area (Å²) in [5.41, 5.74) is 0. The third kappa shape index (κ3) is 3.25. The van der Waals surface area contributed by atoms with Crippen molar-refractivity contribution in [1.82, 2.24) is 10.2 Å². The fraction of sp³-hybridized carbons (Fsp3) is 1.00. The van der Waals surface area contributed by atoms with Gasteiger partial charge in [-0.25, -0.2) is 0 Å². The Kier molecular flexibility index (Phi) is 5.05. The van der Waals surface area contributed by atoms with Crippen molar-refractivity contribution in [1.29, 1.82) is 0 Å². The molecule has 0 aromatic heterocycles. The monoisotopic (exact) mass is 254 g/mol. The Morgan fingerprint density at radius 1 is 1.11 bits per heavy atom. The molecule has 2 aliphatic heterocycles. The molecule has 0 radical (unpaired) electrons. The Labute approximate surface area is 112 Å². The maximum Gasteiger partial charge on any atom is 0.0565 e. The predicted octanol–water partition coefficient (Wildman–Crippen LogP) is 2.40. The molecule has 0 spiro atoms. The SMILES string of the molecule is CCC1CN(C2CC(C)OC(C)C2)C(CC)CN1. The number of rotatable bonds is 3. The highest BCUT2D eigenvalue weighted by Crippen LogP contribution is 2.27. The van der Waals surface area contributed by atoms with Gasteiger partial charge in [0.2, 0.25) is 0 Å². The molecule has 106 valence electrons. The Morgan fingerprint density at radius 3 is 2.33 bits per heavy atom. The van der Waals surface area contributed by atoms with Crippen molar-refractivity contribution in [3.05, 3.63) is 0 Å². The van der Waals surface area contributed by atoms with Crippen LogP contribution in [0.4, 0.5) is 0 Å². The van der Waals surface area contributed by atoms with Crippen LogP contribution in [0.5, 0.6) is 0 Å². The summed E-state index contributed by atoms with van der Waals surface area (Å²) in [6.45, 7) is 11.4. The molecule has 1 N–H and O–H groups in total. The maximum atomic E-state index is 5.89. The lowest BCUT2D eigenvalue weighted by atomic mass is 9.93. The Hall–Kier alpha value is -0.120.